The smallest absolute Gasteiger partial charge is 0.357 e. The molecule has 0 unspecified atom stereocenters. The van der Waals surface area contributed by atoms with Gasteiger partial charge in [0.15, 0.2) is 0 Å². The van der Waals surface area contributed by atoms with Crippen LogP contribution in [-0.2, 0) is 24.4 Å². The summed E-state index contributed by atoms with van der Waals surface area (Å²) in [5.41, 5.74) is -1.37. The van der Waals surface area contributed by atoms with Crippen molar-refractivity contribution in [3.8, 4) is 0 Å². The minimum absolute atomic E-state index is 0.0643. The number of nitro groups is 1. The fraction of sp³-hybridized carbons (Fsp3) is 0.318. The molecule has 0 aliphatic heterocycles. The van der Waals surface area contributed by atoms with Gasteiger partial charge in [-0.3, -0.25) is 28.7 Å². The fourth-order valence-electron chi connectivity index (χ4n) is 3.39. The standard InChI is InChI=1S/C22H24FN5O5/c1-3-10-26-19(20(28(31)32)21(29)27(22(26)30)11-12-33-2)9-8-16-13-24-25(14-16)15-17-6-4-5-7-18(17)23/h4-9,13-14H,3,10-12,15H2,1-2H3/b9-8+. The monoisotopic (exact) mass is 457 g/mol. The van der Waals surface area contributed by atoms with Gasteiger partial charge in [0.2, 0.25) is 0 Å². The van der Waals surface area contributed by atoms with E-state index in [4.69, 9.17) is 4.74 Å². The van der Waals surface area contributed by atoms with Gasteiger partial charge < -0.3 is 4.74 Å². The SMILES string of the molecule is CCCn1c(/C=C/c2cnn(Cc3ccccc3F)c2)c([N+](=O)[O-])c(=O)n(CCOC)c1=O. The molecule has 0 saturated carbocycles. The van der Waals surface area contributed by atoms with Crippen LogP contribution in [0.2, 0.25) is 0 Å². The number of benzene rings is 1. The molecular formula is C22H24FN5O5. The molecule has 0 N–H and O–H groups in total. The lowest BCUT2D eigenvalue weighted by Crippen LogP contribution is -2.43. The Bertz CT molecular complexity index is 1290. The summed E-state index contributed by atoms with van der Waals surface area (Å²) >= 11 is 0. The highest BCUT2D eigenvalue weighted by Crippen LogP contribution is 2.17. The molecule has 174 valence electrons. The average molecular weight is 457 g/mol. The van der Waals surface area contributed by atoms with Gasteiger partial charge in [0.1, 0.15) is 11.5 Å². The van der Waals surface area contributed by atoms with Gasteiger partial charge in [0.05, 0.1) is 30.8 Å². The van der Waals surface area contributed by atoms with E-state index in [0.29, 0.717) is 17.5 Å². The van der Waals surface area contributed by atoms with Crippen molar-refractivity contribution < 1.29 is 14.1 Å². The molecule has 0 amide bonds. The van der Waals surface area contributed by atoms with E-state index in [2.05, 4.69) is 5.10 Å². The number of hydrogen-bond acceptors (Lipinski definition) is 6. The summed E-state index contributed by atoms with van der Waals surface area (Å²) in [7, 11) is 1.41. The van der Waals surface area contributed by atoms with Gasteiger partial charge in [-0.15, -0.1) is 0 Å². The third-order valence-electron chi connectivity index (χ3n) is 4.97. The molecular weight excluding hydrogens is 433 g/mol. The zero-order valence-electron chi connectivity index (χ0n) is 18.3. The van der Waals surface area contributed by atoms with E-state index in [1.807, 2.05) is 6.92 Å². The Balaban J connectivity index is 2.01. The zero-order valence-corrected chi connectivity index (χ0v) is 18.3. The molecule has 0 aliphatic rings. The summed E-state index contributed by atoms with van der Waals surface area (Å²) in [5, 5.41) is 15.9. The summed E-state index contributed by atoms with van der Waals surface area (Å²) in [6, 6.07) is 6.34. The van der Waals surface area contributed by atoms with Crippen molar-refractivity contribution in [2.75, 3.05) is 13.7 Å². The highest BCUT2D eigenvalue weighted by atomic mass is 19.1. The van der Waals surface area contributed by atoms with Crippen LogP contribution in [-0.4, -0.2) is 37.6 Å². The van der Waals surface area contributed by atoms with Crippen molar-refractivity contribution in [1.29, 1.82) is 0 Å². The Morgan fingerprint density at radius 2 is 1.94 bits per heavy atom. The topological polar surface area (TPSA) is 114 Å². The minimum atomic E-state index is -0.982. The normalized spacial score (nSPS) is 11.4. The van der Waals surface area contributed by atoms with Crippen molar-refractivity contribution >= 4 is 17.8 Å². The molecule has 0 radical (unpaired) electrons. The predicted octanol–water partition coefficient (Wildman–Crippen LogP) is 2.53. The second-order valence-corrected chi connectivity index (χ2v) is 7.27. The molecule has 0 aliphatic carbocycles. The van der Waals surface area contributed by atoms with Gasteiger partial charge in [0.25, 0.3) is 0 Å². The molecule has 3 rings (SSSR count). The van der Waals surface area contributed by atoms with Crippen LogP contribution in [0.25, 0.3) is 12.2 Å². The Kier molecular flexibility index (Phi) is 7.67. The summed E-state index contributed by atoms with van der Waals surface area (Å²) < 4.78 is 22.4. The number of hydrogen-bond donors (Lipinski definition) is 0. The van der Waals surface area contributed by atoms with Crippen molar-refractivity contribution in [2.24, 2.45) is 0 Å². The third kappa shape index (κ3) is 5.32. The third-order valence-corrected chi connectivity index (χ3v) is 4.97. The van der Waals surface area contributed by atoms with E-state index in [1.54, 1.807) is 24.4 Å². The van der Waals surface area contributed by atoms with Gasteiger partial charge in [-0.25, -0.2) is 9.18 Å². The summed E-state index contributed by atoms with van der Waals surface area (Å²) in [5.74, 6) is -0.349. The number of ether oxygens (including phenoxy) is 1. The Labute approximate surface area is 188 Å². The Morgan fingerprint density at radius 3 is 2.61 bits per heavy atom. The lowest BCUT2D eigenvalue weighted by Gasteiger charge is -2.13. The van der Waals surface area contributed by atoms with Gasteiger partial charge in [-0.1, -0.05) is 25.1 Å². The highest BCUT2D eigenvalue weighted by Gasteiger charge is 2.26. The first-order chi connectivity index (χ1) is 15.9. The molecule has 3 aromatic rings. The predicted molar refractivity (Wildman–Crippen MR) is 120 cm³/mol. The number of rotatable bonds is 10. The van der Waals surface area contributed by atoms with Crippen LogP contribution in [0.3, 0.4) is 0 Å². The van der Waals surface area contributed by atoms with Crippen molar-refractivity contribution in [1.82, 2.24) is 18.9 Å². The molecule has 0 fully saturated rings. The number of aromatic nitrogens is 4. The van der Waals surface area contributed by atoms with E-state index < -0.39 is 21.9 Å². The van der Waals surface area contributed by atoms with Crippen LogP contribution < -0.4 is 11.2 Å². The molecule has 0 bridgehead atoms. The largest absolute Gasteiger partial charge is 0.383 e. The highest BCUT2D eigenvalue weighted by molar-refractivity contribution is 5.71. The fourth-order valence-corrected chi connectivity index (χ4v) is 3.39. The second kappa shape index (κ2) is 10.6. The van der Waals surface area contributed by atoms with E-state index in [-0.39, 0.29) is 37.8 Å². The molecule has 0 saturated heterocycles. The van der Waals surface area contributed by atoms with Crippen molar-refractivity contribution in [2.45, 2.75) is 33.0 Å². The van der Waals surface area contributed by atoms with Gasteiger partial charge in [0, 0.05) is 31.0 Å². The lowest BCUT2D eigenvalue weighted by molar-refractivity contribution is -0.387. The Hall–Kier alpha value is -3.86. The van der Waals surface area contributed by atoms with Crippen molar-refractivity contribution in [3.05, 3.63) is 90.2 Å². The molecule has 2 heterocycles. The summed E-state index contributed by atoms with van der Waals surface area (Å²) in [4.78, 5) is 36.6. The maximum atomic E-state index is 13.9. The number of methoxy groups -OCH3 is 1. The summed E-state index contributed by atoms with van der Waals surface area (Å²) in [6.07, 6.45) is 6.56. The zero-order chi connectivity index (χ0) is 24.0. The van der Waals surface area contributed by atoms with Gasteiger partial charge >= 0.3 is 16.9 Å². The maximum absolute atomic E-state index is 13.9. The van der Waals surface area contributed by atoms with Crippen molar-refractivity contribution in [3.63, 3.8) is 0 Å². The first-order valence-corrected chi connectivity index (χ1v) is 10.3. The van der Waals surface area contributed by atoms with Crippen LogP contribution in [0.15, 0.2) is 46.2 Å². The van der Waals surface area contributed by atoms with E-state index in [9.17, 15) is 24.1 Å². The van der Waals surface area contributed by atoms with E-state index in [1.165, 1.54) is 40.8 Å². The van der Waals surface area contributed by atoms with Crippen LogP contribution in [0, 0.1) is 15.9 Å². The summed E-state index contributed by atoms with van der Waals surface area (Å²) in [6.45, 7) is 2.19. The lowest BCUT2D eigenvalue weighted by atomic mass is 10.2. The molecule has 10 nitrogen and oxygen atoms in total. The molecule has 33 heavy (non-hydrogen) atoms. The van der Waals surface area contributed by atoms with E-state index >= 15 is 0 Å². The average Bonchev–Trinajstić information content (AvgIpc) is 3.23. The molecule has 0 spiro atoms. The second-order valence-electron chi connectivity index (χ2n) is 7.27. The molecule has 0 atom stereocenters. The van der Waals surface area contributed by atoms with Crippen LogP contribution in [0.1, 0.15) is 30.2 Å². The molecule has 1 aromatic carbocycles. The Morgan fingerprint density at radius 1 is 1.18 bits per heavy atom. The van der Waals surface area contributed by atoms with Crippen LogP contribution in [0.4, 0.5) is 10.1 Å². The van der Waals surface area contributed by atoms with Gasteiger partial charge in [-0.05, 0) is 24.6 Å². The van der Waals surface area contributed by atoms with Crippen LogP contribution in [0.5, 0.6) is 0 Å². The van der Waals surface area contributed by atoms with Crippen LogP contribution >= 0.6 is 0 Å². The molecule has 2 aromatic heterocycles. The number of halogens is 1. The first kappa shape index (κ1) is 23.8. The number of nitrogens with zero attached hydrogens (tertiary/aromatic N) is 5. The van der Waals surface area contributed by atoms with E-state index in [0.717, 1.165) is 4.57 Å². The maximum Gasteiger partial charge on any atom is 0.357 e. The minimum Gasteiger partial charge on any atom is -0.383 e. The molecule has 11 heteroatoms. The first-order valence-electron chi connectivity index (χ1n) is 10.3. The quantitative estimate of drug-likeness (QED) is 0.341. The van der Waals surface area contributed by atoms with Gasteiger partial charge in [-0.2, -0.15) is 5.10 Å².